The number of hydrazone groups is 1. The lowest BCUT2D eigenvalue weighted by Crippen LogP contribution is -2.20. The summed E-state index contributed by atoms with van der Waals surface area (Å²) < 4.78 is 1.55. The molecular weight excluding hydrogens is 444 g/mol. The first-order valence-corrected chi connectivity index (χ1v) is 11.5. The molecule has 4 aromatic rings. The molecule has 5 rings (SSSR count). The number of nitrogens with one attached hydrogen (secondary N) is 1. The molecule has 0 fully saturated rings. The monoisotopic (exact) mass is 462 g/mol. The van der Waals surface area contributed by atoms with E-state index < -0.39 is 0 Å². The van der Waals surface area contributed by atoms with E-state index in [-0.39, 0.29) is 11.5 Å². The van der Waals surface area contributed by atoms with E-state index in [1.807, 2.05) is 0 Å². The molecule has 0 saturated heterocycles. The fourth-order valence-corrected chi connectivity index (χ4v) is 5.23. The molecule has 0 unspecified atom stereocenters. The fourth-order valence-electron chi connectivity index (χ4n) is 3.88. The van der Waals surface area contributed by atoms with Gasteiger partial charge in [-0.25, -0.2) is 10.4 Å². The van der Waals surface area contributed by atoms with Crippen LogP contribution in [-0.4, -0.2) is 21.7 Å². The number of carbonyl (C=O) groups is 1. The van der Waals surface area contributed by atoms with Crippen LogP contribution in [0.3, 0.4) is 0 Å². The van der Waals surface area contributed by atoms with Crippen LogP contribution in [0.25, 0.3) is 15.9 Å². The Morgan fingerprint density at radius 1 is 1.09 bits per heavy atom. The lowest BCUT2D eigenvalue weighted by molar-refractivity contribution is 0.0955. The maximum Gasteiger partial charge on any atom is 0.271 e. The number of halogens is 1. The summed E-state index contributed by atoms with van der Waals surface area (Å²) in [5.74, 6) is -0.338. The average Bonchev–Trinajstić information content (AvgIpc) is 3.20. The molecule has 1 aliphatic rings. The van der Waals surface area contributed by atoms with Crippen molar-refractivity contribution in [3.63, 3.8) is 0 Å². The summed E-state index contributed by atoms with van der Waals surface area (Å²) in [5, 5.41) is 5.36. The van der Waals surface area contributed by atoms with E-state index in [9.17, 15) is 9.59 Å². The smallest absolute Gasteiger partial charge is 0.268 e. The summed E-state index contributed by atoms with van der Waals surface area (Å²) in [5.41, 5.74) is 5.55. The third-order valence-corrected chi connectivity index (χ3v) is 6.99. The Hall–Kier alpha value is -3.29. The highest BCUT2D eigenvalue weighted by atomic mass is 35.5. The van der Waals surface area contributed by atoms with Crippen LogP contribution in [0, 0.1) is 0 Å². The van der Waals surface area contributed by atoms with Gasteiger partial charge in [-0.05, 0) is 73.2 Å². The van der Waals surface area contributed by atoms with Crippen LogP contribution in [0.5, 0.6) is 0 Å². The summed E-state index contributed by atoms with van der Waals surface area (Å²) in [4.78, 5) is 32.2. The highest BCUT2D eigenvalue weighted by Gasteiger charge is 2.20. The Kier molecular flexibility index (Phi) is 5.59. The Morgan fingerprint density at radius 2 is 1.84 bits per heavy atom. The Bertz CT molecular complexity index is 1390. The van der Waals surface area contributed by atoms with Crippen molar-refractivity contribution < 1.29 is 4.79 Å². The molecule has 160 valence electrons. The number of rotatable bonds is 4. The minimum atomic E-state index is -0.338. The van der Waals surface area contributed by atoms with E-state index in [2.05, 4.69) is 15.5 Å². The average molecular weight is 463 g/mol. The van der Waals surface area contributed by atoms with Crippen LogP contribution in [-0.2, 0) is 12.8 Å². The highest BCUT2D eigenvalue weighted by molar-refractivity contribution is 7.18. The highest BCUT2D eigenvalue weighted by Crippen LogP contribution is 2.33. The lowest BCUT2D eigenvalue weighted by Gasteiger charge is -2.10. The number of aryl methyl sites for hydroxylation is 2. The van der Waals surface area contributed by atoms with Crippen molar-refractivity contribution in [3.8, 4) is 5.69 Å². The molecule has 1 amide bonds. The molecule has 2 aromatic carbocycles. The number of nitrogens with zero attached hydrogens (tertiary/aromatic N) is 3. The first-order valence-electron chi connectivity index (χ1n) is 10.3. The second-order valence-electron chi connectivity index (χ2n) is 7.61. The molecule has 0 saturated carbocycles. The molecule has 0 radical (unpaired) electrons. The molecule has 0 aliphatic heterocycles. The van der Waals surface area contributed by atoms with Crippen molar-refractivity contribution >= 4 is 45.3 Å². The van der Waals surface area contributed by atoms with Gasteiger partial charge in [-0.15, -0.1) is 11.3 Å². The van der Waals surface area contributed by atoms with Gasteiger partial charge in [-0.3, -0.25) is 14.2 Å². The summed E-state index contributed by atoms with van der Waals surface area (Å²) in [7, 11) is 0. The molecule has 2 aromatic heterocycles. The van der Waals surface area contributed by atoms with Gasteiger partial charge >= 0.3 is 0 Å². The molecule has 32 heavy (non-hydrogen) atoms. The number of benzene rings is 2. The van der Waals surface area contributed by atoms with Gasteiger partial charge in [0.25, 0.3) is 11.5 Å². The van der Waals surface area contributed by atoms with E-state index in [0.717, 1.165) is 40.6 Å². The van der Waals surface area contributed by atoms with Crippen molar-refractivity contribution in [1.82, 2.24) is 15.0 Å². The summed E-state index contributed by atoms with van der Waals surface area (Å²) in [6.07, 6.45) is 7.35. The maximum atomic E-state index is 13.2. The standard InChI is InChI=1S/C24H19ClN4O2S/c25-17-9-5-15(6-10-17)13-27-28-22(30)16-7-11-18(12-8-16)29-14-26-23-21(24(29)31)19-3-1-2-4-20(19)32-23/h5-14H,1-4H2,(H,28,30)/b27-13-. The summed E-state index contributed by atoms with van der Waals surface area (Å²) in [6, 6.07) is 13.9. The molecule has 0 bridgehead atoms. The number of hydrogen-bond donors (Lipinski definition) is 1. The van der Waals surface area contributed by atoms with E-state index in [1.165, 1.54) is 11.3 Å². The fraction of sp³-hybridized carbons (Fsp3) is 0.167. The van der Waals surface area contributed by atoms with Crippen molar-refractivity contribution in [3.05, 3.63) is 91.8 Å². The minimum absolute atomic E-state index is 0.0563. The predicted molar refractivity (Wildman–Crippen MR) is 128 cm³/mol. The van der Waals surface area contributed by atoms with Gasteiger partial charge in [-0.1, -0.05) is 23.7 Å². The zero-order valence-electron chi connectivity index (χ0n) is 17.0. The zero-order valence-corrected chi connectivity index (χ0v) is 18.6. The van der Waals surface area contributed by atoms with Crippen molar-refractivity contribution in [1.29, 1.82) is 0 Å². The van der Waals surface area contributed by atoms with Crippen LogP contribution in [0.1, 0.15) is 39.2 Å². The minimum Gasteiger partial charge on any atom is -0.268 e. The number of fused-ring (bicyclic) bond motifs is 3. The first-order chi connectivity index (χ1) is 15.6. The number of amides is 1. The summed E-state index contributed by atoms with van der Waals surface area (Å²) in [6.45, 7) is 0. The van der Waals surface area contributed by atoms with Crippen LogP contribution in [0.2, 0.25) is 5.02 Å². The van der Waals surface area contributed by atoms with E-state index in [1.54, 1.807) is 77.0 Å². The van der Waals surface area contributed by atoms with Gasteiger partial charge in [0.1, 0.15) is 11.2 Å². The van der Waals surface area contributed by atoms with Gasteiger partial charge < -0.3 is 0 Å². The van der Waals surface area contributed by atoms with Crippen molar-refractivity contribution in [2.75, 3.05) is 0 Å². The van der Waals surface area contributed by atoms with Gasteiger partial charge in [0, 0.05) is 15.5 Å². The summed E-state index contributed by atoms with van der Waals surface area (Å²) >= 11 is 7.49. The molecule has 1 aliphatic carbocycles. The molecule has 0 atom stereocenters. The number of thiophene rings is 1. The van der Waals surface area contributed by atoms with Gasteiger partial charge in [-0.2, -0.15) is 5.10 Å². The molecule has 2 heterocycles. The zero-order chi connectivity index (χ0) is 22.1. The number of aromatic nitrogens is 2. The van der Waals surface area contributed by atoms with Crippen molar-refractivity contribution in [2.45, 2.75) is 25.7 Å². The molecular formula is C24H19ClN4O2S. The van der Waals surface area contributed by atoms with Gasteiger partial charge in [0.15, 0.2) is 0 Å². The van der Waals surface area contributed by atoms with Crippen LogP contribution < -0.4 is 11.0 Å². The number of hydrogen-bond acceptors (Lipinski definition) is 5. The van der Waals surface area contributed by atoms with Crippen LogP contribution in [0.15, 0.2) is 64.8 Å². The Morgan fingerprint density at radius 3 is 2.62 bits per heavy atom. The van der Waals surface area contributed by atoms with Crippen LogP contribution in [0.4, 0.5) is 0 Å². The molecule has 1 N–H and O–H groups in total. The topological polar surface area (TPSA) is 76.3 Å². The normalized spacial score (nSPS) is 13.4. The predicted octanol–water partition coefficient (Wildman–Crippen LogP) is 4.74. The third kappa shape index (κ3) is 3.97. The Balaban J connectivity index is 1.36. The lowest BCUT2D eigenvalue weighted by atomic mass is 9.97. The molecule has 0 spiro atoms. The maximum absolute atomic E-state index is 13.2. The van der Waals surface area contributed by atoms with E-state index in [4.69, 9.17) is 11.6 Å². The quantitative estimate of drug-likeness (QED) is 0.351. The molecule has 8 heteroatoms. The second-order valence-corrected chi connectivity index (χ2v) is 9.13. The van der Waals surface area contributed by atoms with Gasteiger partial charge in [0.05, 0.1) is 17.3 Å². The number of carbonyl (C=O) groups excluding carboxylic acids is 1. The van der Waals surface area contributed by atoms with Gasteiger partial charge in [0.2, 0.25) is 0 Å². The van der Waals surface area contributed by atoms with E-state index >= 15 is 0 Å². The SMILES string of the molecule is O=C(N/N=C\c1ccc(Cl)cc1)c1ccc(-n2cnc3sc4c(c3c2=O)CCCC4)cc1. The van der Waals surface area contributed by atoms with E-state index in [0.29, 0.717) is 16.3 Å². The second kappa shape index (κ2) is 8.68. The third-order valence-electron chi connectivity index (χ3n) is 5.53. The Labute approximate surface area is 193 Å². The first kappa shape index (κ1) is 20.6. The van der Waals surface area contributed by atoms with Crippen LogP contribution >= 0.6 is 22.9 Å². The molecule has 6 nitrogen and oxygen atoms in total. The van der Waals surface area contributed by atoms with Crippen molar-refractivity contribution in [2.24, 2.45) is 5.10 Å². The largest absolute Gasteiger partial charge is 0.271 e.